The molecule has 0 amide bonds. The Morgan fingerprint density at radius 3 is 2.47 bits per heavy atom. The lowest BCUT2D eigenvalue weighted by Crippen LogP contribution is -2.45. The number of aryl methyl sites for hydroxylation is 1. The van der Waals surface area contributed by atoms with E-state index in [0.717, 1.165) is 32.2 Å². The summed E-state index contributed by atoms with van der Waals surface area (Å²) >= 11 is 0. The number of rotatable bonds is 4. The molecule has 2 rings (SSSR count). The van der Waals surface area contributed by atoms with Gasteiger partial charge in [0.05, 0.1) is 11.8 Å². The molecule has 1 fully saturated rings. The van der Waals surface area contributed by atoms with Gasteiger partial charge in [-0.3, -0.25) is 9.48 Å². The molecule has 1 aromatic rings. The SMILES string of the molecule is CCn1cc(C(=O)C2(OC)CCC(C)(C)CC2)cn1. The van der Waals surface area contributed by atoms with Crippen molar-refractivity contribution in [3.8, 4) is 0 Å². The van der Waals surface area contributed by atoms with Crippen LogP contribution in [0.4, 0.5) is 0 Å². The molecule has 0 radical (unpaired) electrons. The van der Waals surface area contributed by atoms with E-state index in [2.05, 4.69) is 18.9 Å². The van der Waals surface area contributed by atoms with Gasteiger partial charge in [0.1, 0.15) is 5.60 Å². The maximum Gasteiger partial charge on any atom is 0.197 e. The largest absolute Gasteiger partial charge is 0.370 e. The van der Waals surface area contributed by atoms with Crippen molar-refractivity contribution < 1.29 is 9.53 Å². The van der Waals surface area contributed by atoms with Crippen LogP contribution in [0, 0.1) is 5.41 Å². The number of ketones is 1. The number of carbonyl (C=O) groups is 1. The lowest BCUT2D eigenvalue weighted by molar-refractivity contribution is -0.0383. The summed E-state index contributed by atoms with van der Waals surface area (Å²) in [4.78, 5) is 12.7. The molecule has 0 aliphatic heterocycles. The summed E-state index contributed by atoms with van der Waals surface area (Å²) in [6, 6.07) is 0. The summed E-state index contributed by atoms with van der Waals surface area (Å²) in [5.41, 5.74) is 0.343. The standard InChI is InChI=1S/C15H24N2O2/c1-5-17-11-12(10-16-17)13(18)15(19-4)8-6-14(2,3)7-9-15/h10-11H,5-9H2,1-4H3. The molecule has 0 N–H and O–H groups in total. The highest BCUT2D eigenvalue weighted by atomic mass is 16.5. The summed E-state index contributed by atoms with van der Waals surface area (Å²) in [5.74, 6) is 0.0881. The molecule has 0 unspecified atom stereocenters. The van der Waals surface area contributed by atoms with E-state index in [4.69, 9.17) is 4.74 Å². The van der Waals surface area contributed by atoms with Crippen molar-refractivity contribution >= 4 is 5.78 Å². The Hall–Kier alpha value is -1.16. The van der Waals surface area contributed by atoms with Crippen LogP contribution in [0.3, 0.4) is 0 Å². The lowest BCUT2D eigenvalue weighted by atomic mass is 9.69. The second-order valence-corrected chi connectivity index (χ2v) is 6.28. The molecule has 0 saturated heterocycles. The van der Waals surface area contributed by atoms with E-state index in [1.807, 2.05) is 13.1 Å². The van der Waals surface area contributed by atoms with E-state index in [9.17, 15) is 4.79 Å². The van der Waals surface area contributed by atoms with E-state index >= 15 is 0 Å². The first-order valence-electron chi connectivity index (χ1n) is 7.05. The van der Waals surface area contributed by atoms with Crippen LogP contribution in [0.25, 0.3) is 0 Å². The highest BCUT2D eigenvalue weighted by Crippen LogP contribution is 2.43. The van der Waals surface area contributed by atoms with Gasteiger partial charge in [-0.15, -0.1) is 0 Å². The van der Waals surface area contributed by atoms with Crippen molar-refractivity contribution in [3.05, 3.63) is 18.0 Å². The van der Waals surface area contributed by atoms with Crippen LogP contribution < -0.4 is 0 Å². The first-order valence-corrected chi connectivity index (χ1v) is 7.05. The van der Waals surface area contributed by atoms with Gasteiger partial charge in [0.25, 0.3) is 0 Å². The number of nitrogens with zero attached hydrogens (tertiary/aromatic N) is 2. The van der Waals surface area contributed by atoms with Gasteiger partial charge in [-0.25, -0.2) is 0 Å². The Morgan fingerprint density at radius 2 is 2.00 bits per heavy atom. The number of carbonyl (C=O) groups excluding carboxylic acids is 1. The predicted molar refractivity (Wildman–Crippen MR) is 74.2 cm³/mol. The van der Waals surface area contributed by atoms with E-state index in [0.29, 0.717) is 11.0 Å². The molecule has 106 valence electrons. The fourth-order valence-electron chi connectivity index (χ4n) is 2.77. The third kappa shape index (κ3) is 2.73. The Bertz CT molecular complexity index is 452. The van der Waals surface area contributed by atoms with E-state index in [1.54, 1.807) is 18.0 Å². The van der Waals surface area contributed by atoms with Gasteiger partial charge in [0, 0.05) is 19.9 Å². The van der Waals surface area contributed by atoms with Gasteiger partial charge in [-0.2, -0.15) is 5.10 Å². The minimum Gasteiger partial charge on any atom is -0.370 e. The monoisotopic (exact) mass is 264 g/mol. The normalized spacial score (nSPS) is 21.3. The van der Waals surface area contributed by atoms with Gasteiger partial charge in [-0.1, -0.05) is 13.8 Å². The zero-order chi connectivity index (χ0) is 14.1. The molecule has 1 aromatic heterocycles. The molecule has 4 nitrogen and oxygen atoms in total. The minimum absolute atomic E-state index is 0.0881. The topological polar surface area (TPSA) is 44.1 Å². The average Bonchev–Trinajstić information content (AvgIpc) is 2.87. The Labute approximate surface area is 115 Å². The Kier molecular flexibility index (Phi) is 3.81. The fraction of sp³-hybridized carbons (Fsp3) is 0.733. The zero-order valence-corrected chi connectivity index (χ0v) is 12.4. The molecule has 0 spiro atoms. The van der Waals surface area contributed by atoms with E-state index in [-0.39, 0.29) is 5.78 Å². The van der Waals surface area contributed by atoms with Gasteiger partial charge < -0.3 is 4.74 Å². The van der Waals surface area contributed by atoms with Crippen LogP contribution in [0.2, 0.25) is 0 Å². The van der Waals surface area contributed by atoms with Crippen molar-refractivity contribution in [2.45, 2.75) is 58.6 Å². The highest BCUT2D eigenvalue weighted by Gasteiger charge is 2.44. The summed E-state index contributed by atoms with van der Waals surface area (Å²) in [5, 5.41) is 4.18. The van der Waals surface area contributed by atoms with Gasteiger partial charge in [0.15, 0.2) is 5.78 Å². The van der Waals surface area contributed by atoms with Gasteiger partial charge in [0.2, 0.25) is 0 Å². The van der Waals surface area contributed by atoms with Crippen molar-refractivity contribution in [1.29, 1.82) is 0 Å². The minimum atomic E-state index is -0.642. The maximum absolute atomic E-state index is 12.7. The summed E-state index contributed by atoms with van der Waals surface area (Å²) < 4.78 is 7.43. The Morgan fingerprint density at radius 1 is 1.37 bits per heavy atom. The van der Waals surface area contributed by atoms with Crippen molar-refractivity contribution in [3.63, 3.8) is 0 Å². The predicted octanol–water partition coefficient (Wildman–Crippen LogP) is 3.07. The molecular weight excluding hydrogens is 240 g/mol. The van der Waals surface area contributed by atoms with E-state index < -0.39 is 5.60 Å². The van der Waals surface area contributed by atoms with Gasteiger partial charge >= 0.3 is 0 Å². The maximum atomic E-state index is 12.7. The molecular formula is C15H24N2O2. The first-order chi connectivity index (χ1) is 8.92. The molecule has 1 heterocycles. The van der Waals surface area contributed by atoms with Crippen molar-refractivity contribution in [2.24, 2.45) is 5.41 Å². The van der Waals surface area contributed by atoms with Crippen LogP contribution in [0.1, 0.15) is 56.8 Å². The lowest BCUT2D eigenvalue weighted by Gasteiger charge is -2.41. The molecule has 4 heteroatoms. The Balaban J connectivity index is 2.20. The molecule has 0 atom stereocenters. The van der Waals surface area contributed by atoms with Crippen LogP contribution >= 0.6 is 0 Å². The summed E-state index contributed by atoms with van der Waals surface area (Å²) in [6.07, 6.45) is 7.12. The summed E-state index contributed by atoms with van der Waals surface area (Å²) in [6.45, 7) is 7.30. The molecule has 19 heavy (non-hydrogen) atoms. The van der Waals surface area contributed by atoms with Crippen LogP contribution in [-0.2, 0) is 11.3 Å². The van der Waals surface area contributed by atoms with Crippen molar-refractivity contribution in [2.75, 3.05) is 7.11 Å². The number of ether oxygens (including phenoxy) is 1. The quantitative estimate of drug-likeness (QED) is 0.785. The highest BCUT2D eigenvalue weighted by molar-refractivity contribution is 6.02. The molecule has 1 aliphatic carbocycles. The second-order valence-electron chi connectivity index (χ2n) is 6.28. The molecule has 0 bridgehead atoms. The first kappa shape index (κ1) is 14.3. The van der Waals surface area contributed by atoms with E-state index in [1.165, 1.54) is 0 Å². The number of Topliss-reactive ketones (excluding diaryl/α,β-unsaturated/α-hetero) is 1. The molecule has 0 aromatic carbocycles. The van der Waals surface area contributed by atoms with Crippen LogP contribution in [0.15, 0.2) is 12.4 Å². The second kappa shape index (κ2) is 5.08. The van der Waals surface area contributed by atoms with Crippen LogP contribution in [-0.4, -0.2) is 28.3 Å². The number of aromatic nitrogens is 2. The number of hydrogen-bond donors (Lipinski definition) is 0. The third-order valence-electron chi connectivity index (χ3n) is 4.44. The average molecular weight is 264 g/mol. The zero-order valence-electron chi connectivity index (χ0n) is 12.4. The number of hydrogen-bond acceptors (Lipinski definition) is 3. The summed E-state index contributed by atoms with van der Waals surface area (Å²) in [7, 11) is 1.65. The smallest absolute Gasteiger partial charge is 0.197 e. The molecule has 1 aliphatic rings. The van der Waals surface area contributed by atoms with Gasteiger partial charge in [-0.05, 0) is 38.0 Å². The fourth-order valence-corrected chi connectivity index (χ4v) is 2.77. The molecule has 1 saturated carbocycles. The third-order valence-corrected chi connectivity index (χ3v) is 4.44. The van der Waals surface area contributed by atoms with Crippen molar-refractivity contribution in [1.82, 2.24) is 9.78 Å². The van der Waals surface area contributed by atoms with Crippen LogP contribution in [0.5, 0.6) is 0 Å². The number of methoxy groups -OCH3 is 1.